The van der Waals surface area contributed by atoms with Gasteiger partial charge in [-0.05, 0) is 110 Å². The quantitative estimate of drug-likeness (QED) is 0.134. The molecule has 414 valence electrons. The Morgan fingerprint density at radius 3 is 0.989 bits per heavy atom. The van der Waals surface area contributed by atoms with E-state index in [9.17, 15) is 5.48 Å². The second-order valence-corrected chi connectivity index (χ2v) is 23.1. The van der Waals surface area contributed by atoms with Gasteiger partial charge in [-0.1, -0.05) is 273 Å². The van der Waals surface area contributed by atoms with Gasteiger partial charge >= 0.3 is 0 Å². The minimum atomic E-state index is -0.462. The highest BCUT2D eigenvalue weighted by atomic mass is 15.2. The zero-order valence-corrected chi connectivity index (χ0v) is 48.2. The number of para-hydroxylation sites is 6. The van der Waals surface area contributed by atoms with Crippen LogP contribution in [0.5, 0.6) is 0 Å². The van der Waals surface area contributed by atoms with Crippen molar-refractivity contribution in [1.29, 1.82) is 0 Å². The molecule has 0 spiro atoms. The van der Waals surface area contributed by atoms with Crippen molar-refractivity contribution in [2.24, 2.45) is 0 Å². The number of rotatable bonds is 9. The largest absolute Gasteiger partial charge is 0.310 e. The van der Waals surface area contributed by atoms with Crippen LogP contribution in [-0.2, 0) is 0 Å². The number of aromatic nitrogens is 2. The van der Waals surface area contributed by atoms with Crippen molar-refractivity contribution in [2.45, 2.75) is 0 Å². The van der Waals surface area contributed by atoms with Crippen LogP contribution in [0.2, 0.25) is 0 Å². The highest BCUT2D eigenvalue weighted by Crippen LogP contribution is 2.55. The van der Waals surface area contributed by atoms with E-state index in [1.807, 2.05) is 0 Å². The molecule has 0 amide bonds. The molecule has 4 heterocycles. The number of nitrogens with zero attached hydrogens (tertiary/aromatic N) is 4. The molecule has 0 bridgehead atoms. The second-order valence-electron chi connectivity index (χ2n) is 23.1. The van der Waals surface area contributed by atoms with E-state index in [1.165, 1.54) is 0 Å². The molecule has 2 aromatic heterocycles. The van der Waals surface area contributed by atoms with Crippen LogP contribution >= 0.6 is 0 Å². The Bertz CT molecular complexity index is 5280. The van der Waals surface area contributed by atoms with Gasteiger partial charge in [0.05, 0.1) is 40.3 Å². The summed E-state index contributed by atoms with van der Waals surface area (Å²) in [7, 11) is 0. The van der Waals surface area contributed by atoms with Crippen LogP contribution in [0.4, 0.5) is 34.1 Å². The fourth-order valence-electron chi connectivity index (χ4n) is 14.6. The average molecular weight is 1140 g/mol. The fourth-order valence-corrected chi connectivity index (χ4v) is 14.6. The summed E-state index contributed by atoms with van der Waals surface area (Å²) in [5.41, 5.74) is 23.3. The number of fused-ring (bicyclic) bond motifs is 10. The van der Waals surface area contributed by atoms with Gasteiger partial charge in [0.2, 0.25) is 0 Å². The first-order valence-corrected chi connectivity index (χ1v) is 30.4. The van der Waals surface area contributed by atoms with E-state index in [-0.39, 0.29) is 17.6 Å². The zero-order chi connectivity index (χ0) is 62.9. The van der Waals surface area contributed by atoms with Crippen molar-refractivity contribution in [3.8, 4) is 67.0 Å². The van der Waals surface area contributed by atoms with Gasteiger partial charge in [0, 0.05) is 77.9 Å². The lowest BCUT2D eigenvalue weighted by Gasteiger charge is -2.46. The Labute approximate surface area is 524 Å². The maximum atomic E-state index is 9.93. The Morgan fingerprint density at radius 1 is 0.258 bits per heavy atom. The lowest BCUT2D eigenvalue weighted by Crippen LogP contribution is -2.61. The molecule has 0 saturated carbocycles. The summed E-state index contributed by atoms with van der Waals surface area (Å²) < 4.78 is 52.3. The number of hydrogen-bond acceptors (Lipinski definition) is 2. The number of benzene rings is 14. The molecule has 0 radical (unpaired) electrons. The van der Waals surface area contributed by atoms with E-state index in [0.717, 1.165) is 150 Å². The first-order valence-electron chi connectivity index (χ1n) is 32.9. The maximum absolute atomic E-state index is 9.93. The van der Waals surface area contributed by atoms with Gasteiger partial charge in [-0.3, -0.25) is 0 Å². The first-order chi connectivity index (χ1) is 46.3. The fraction of sp³-hybridized carbons (Fsp3) is 0. The minimum absolute atomic E-state index is 0.108. The monoisotopic (exact) mass is 1140 g/mol. The van der Waals surface area contributed by atoms with Crippen molar-refractivity contribution in [3.63, 3.8) is 0 Å². The van der Waals surface area contributed by atoms with Crippen LogP contribution in [0.1, 0.15) is 6.85 Å². The molecular formula is C84H55BN4. The van der Waals surface area contributed by atoms with Crippen LogP contribution in [0, 0.1) is 0 Å². The van der Waals surface area contributed by atoms with E-state index in [2.05, 4.69) is 322 Å². The molecule has 2 aliphatic rings. The molecule has 0 fully saturated rings. The van der Waals surface area contributed by atoms with Crippen molar-refractivity contribution in [2.75, 3.05) is 9.80 Å². The molecule has 16 aromatic rings. The lowest BCUT2D eigenvalue weighted by molar-refractivity contribution is 1.17. The summed E-state index contributed by atoms with van der Waals surface area (Å²) in [6.07, 6.45) is 0. The third-order valence-corrected chi connectivity index (χ3v) is 18.3. The summed E-state index contributed by atoms with van der Waals surface area (Å²) in [5.74, 6) is 0. The summed E-state index contributed by atoms with van der Waals surface area (Å²) in [6.45, 7) is -0.462. The smallest absolute Gasteiger partial charge is 0.252 e. The standard InChI is InChI=1S/C84H55BN4/c1-8-28-56(29-9-1)61-50-80-82-81(51-61)89(84-66(59-34-14-4-15-35-59)46-27-47-67(84)60-36-16-5-17-37-60)79-55-77-71(69-43-23-25-49-75(69)87(77)63-40-20-7-21-41-63)53-73(79)85(82)72-52-70-68-42-22-24-48-74(68)86(62-38-18-6-19-39-62)76(70)54-78(72)88(80)83-64(57-30-10-2-11-31-57)44-26-45-65(83)58-32-12-3-13-33-58/h1-55H/i1D,8D,9D,28D,29D. The third kappa shape index (κ3) is 7.95. The molecule has 0 N–H and O–H groups in total. The zero-order valence-electron chi connectivity index (χ0n) is 53.2. The van der Waals surface area contributed by atoms with Gasteiger partial charge in [-0.15, -0.1) is 0 Å². The molecule has 0 atom stereocenters. The number of anilines is 6. The summed E-state index contributed by atoms with van der Waals surface area (Å²) in [4.78, 5) is 4.93. The van der Waals surface area contributed by atoms with Gasteiger partial charge in [-0.2, -0.15) is 0 Å². The van der Waals surface area contributed by atoms with Crippen LogP contribution in [0.3, 0.4) is 0 Å². The molecule has 0 saturated heterocycles. The van der Waals surface area contributed by atoms with E-state index in [1.54, 1.807) is 0 Å². The van der Waals surface area contributed by atoms with Gasteiger partial charge in [0.25, 0.3) is 6.71 Å². The van der Waals surface area contributed by atoms with Crippen LogP contribution in [0.25, 0.3) is 111 Å². The van der Waals surface area contributed by atoms with Crippen molar-refractivity contribution >= 4 is 101 Å². The third-order valence-electron chi connectivity index (χ3n) is 18.3. The van der Waals surface area contributed by atoms with Crippen LogP contribution < -0.4 is 26.2 Å². The van der Waals surface area contributed by atoms with Gasteiger partial charge in [-0.25, -0.2) is 0 Å². The molecule has 14 aromatic carbocycles. The van der Waals surface area contributed by atoms with E-state index >= 15 is 0 Å². The van der Waals surface area contributed by atoms with Crippen molar-refractivity contribution in [1.82, 2.24) is 9.13 Å². The molecular weight excluding hydrogens is 1080 g/mol. The predicted molar refractivity (Wildman–Crippen MR) is 376 cm³/mol. The van der Waals surface area contributed by atoms with Crippen molar-refractivity contribution in [3.05, 3.63) is 334 Å². The van der Waals surface area contributed by atoms with E-state index in [0.29, 0.717) is 5.56 Å². The summed E-state index contributed by atoms with van der Waals surface area (Å²) >= 11 is 0. The van der Waals surface area contributed by atoms with Crippen LogP contribution in [0.15, 0.2) is 334 Å². The van der Waals surface area contributed by atoms with E-state index in [4.69, 9.17) is 1.37 Å². The first kappa shape index (κ1) is 45.7. The molecule has 18 rings (SSSR count). The van der Waals surface area contributed by atoms with E-state index < -0.39 is 24.8 Å². The molecule has 2 aliphatic heterocycles. The Balaban J connectivity index is 1.09. The summed E-state index contributed by atoms with van der Waals surface area (Å²) in [6, 6.07) is 106. The van der Waals surface area contributed by atoms with Gasteiger partial charge in [0.1, 0.15) is 0 Å². The minimum Gasteiger partial charge on any atom is -0.310 e. The molecule has 4 nitrogen and oxygen atoms in total. The maximum Gasteiger partial charge on any atom is 0.252 e. The SMILES string of the molecule is [2H]c1c([2H])c([2H])c(-c2cc3c4c(c2)N(c2c(-c5ccccc5)cccc2-c2ccccc2)c2cc5c(cc2B4c2cc4c6ccccc6n(-c6ccccc6)c4cc2N3c2c(-c3ccccc3)cccc2-c2ccccc2)c2ccccc2n5-c2ccccc2)c([2H])c1[2H]. The Hall–Kier alpha value is -11.7. The highest BCUT2D eigenvalue weighted by molar-refractivity contribution is 7.00. The summed E-state index contributed by atoms with van der Waals surface area (Å²) in [5, 5.41) is 4.45. The molecule has 0 aliphatic carbocycles. The molecule has 0 unspecified atom stereocenters. The molecule has 5 heteroatoms. The Morgan fingerprint density at radius 2 is 0.607 bits per heavy atom. The van der Waals surface area contributed by atoms with Gasteiger partial charge < -0.3 is 18.9 Å². The van der Waals surface area contributed by atoms with Crippen LogP contribution in [-0.4, -0.2) is 15.8 Å². The second kappa shape index (κ2) is 20.5. The number of hydrogen-bond donors (Lipinski definition) is 0. The molecule has 89 heavy (non-hydrogen) atoms. The topological polar surface area (TPSA) is 16.3 Å². The van der Waals surface area contributed by atoms with Crippen molar-refractivity contribution < 1.29 is 6.85 Å². The average Bonchev–Trinajstić information content (AvgIpc) is 1.04. The normalized spacial score (nSPS) is 13.2. The highest BCUT2D eigenvalue weighted by Gasteiger charge is 2.46. The lowest BCUT2D eigenvalue weighted by atomic mass is 9.33. The predicted octanol–water partition coefficient (Wildman–Crippen LogP) is 20.3. The van der Waals surface area contributed by atoms with Gasteiger partial charge in [0.15, 0.2) is 0 Å². The Kier molecular flexibility index (Phi) is 10.5.